The summed E-state index contributed by atoms with van der Waals surface area (Å²) in [6, 6.07) is 43.5. The summed E-state index contributed by atoms with van der Waals surface area (Å²) in [4.78, 5) is 2.34. The van der Waals surface area contributed by atoms with Crippen LogP contribution < -0.4 is 10.4 Å². The van der Waals surface area contributed by atoms with Crippen LogP contribution in [0.25, 0.3) is 33.0 Å². The summed E-state index contributed by atoms with van der Waals surface area (Å²) in [5, 5.41) is 2.46. The summed E-state index contributed by atoms with van der Waals surface area (Å²) < 4.78 is 0. The average Bonchev–Trinajstić information content (AvgIpc) is 3.01. The van der Waals surface area contributed by atoms with Gasteiger partial charge in [-0.3, -0.25) is 0 Å². The summed E-state index contributed by atoms with van der Waals surface area (Å²) in [6.07, 6.45) is 0. The Morgan fingerprint density at radius 3 is 1.60 bits per heavy atom. The van der Waals surface area contributed by atoms with Crippen molar-refractivity contribution in [3.8, 4) is 22.3 Å². The van der Waals surface area contributed by atoms with Crippen molar-refractivity contribution in [1.82, 2.24) is 0 Å². The van der Waals surface area contributed by atoms with E-state index >= 15 is 0 Å². The lowest BCUT2D eigenvalue weighted by Gasteiger charge is -2.27. The fraction of sp³-hybridized carbons (Fsp3) is 0.105. The number of para-hydroxylation sites is 1. The van der Waals surface area contributed by atoms with E-state index in [1.807, 2.05) is 0 Å². The Hall–Kier alpha value is -4.56. The lowest BCUT2D eigenvalue weighted by Crippen LogP contribution is -2.16. The van der Waals surface area contributed by atoms with Gasteiger partial charge in [0.15, 0.2) is 0 Å². The van der Waals surface area contributed by atoms with Gasteiger partial charge in [0.1, 0.15) is 7.85 Å². The maximum atomic E-state index is 6.36. The van der Waals surface area contributed by atoms with Gasteiger partial charge in [0.05, 0.1) is 5.69 Å². The zero-order chi connectivity index (χ0) is 27.8. The van der Waals surface area contributed by atoms with E-state index in [2.05, 4.69) is 154 Å². The van der Waals surface area contributed by atoms with Crippen molar-refractivity contribution in [3.05, 3.63) is 144 Å². The first-order valence-electron chi connectivity index (χ1n) is 13.8. The third-order valence-corrected chi connectivity index (χ3v) is 8.34. The molecule has 2 heteroatoms. The second-order valence-electron chi connectivity index (χ2n) is 10.6. The highest BCUT2D eigenvalue weighted by atomic mass is 15.1. The van der Waals surface area contributed by atoms with Gasteiger partial charge in [-0.15, -0.1) is 0 Å². The number of fused-ring (bicyclic) bond motifs is 1. The molecule has 6 aromatic carbocycles. The Morgan fingerprint density at radius 1 is 0.450 bits per heavy atom. The highest BCUT2D eigenvalue weighted by Gasteiger charge is 2.16. The van der Waals surface area contributed by atoms with Crippen LogP contribution in [-0.4, -0.2) is 7.85 Å². The van der Waals surface area contributed by atoms with Crippen molar-refractivity contribution in [2.45, 2.75) is 27.7 Å². The molecule has 0 bridgehead atoms. The Morgan fingerprint density at radius 2 is 0.950 bits per heavy atom. The molecule has 1 nitrogen and oxygen atoms in total. The summed E-state index contributed by atoms with van der Waals surface area (Å²) >= 11 is 0. The first-order chi connectivity index (χ1) is 19.4. The van der Waals surface area contributed by atoms with Gasteiger partial charge in [0, 0.05) is 16.8 Å². The third kappa shape index (κ3) is 4.50. The molecule has 0 unspecified atom stereocenters. The van der Waals surface area contributed by atoms with Crippen LogP contribution in [0.5, 0.6) is 0 Å². The van der Waals surface area contributed by atoms with E-state index in [1.165, 1.54) is 61.0 Å². The molecule has 0 aromatic heterocycles. The lowest BCUT2D eigenvalue weighted by molar-refractivity contribution is 1.27. The molecule has 192 valence electrons. The Balaban J connectivity index is 1.37. The number of hydrogen-bond donors (Lipinski definition) is 0. The molecule has 0 spiro atoms. The quantitative estimate of drug-likeness (QED) is 0.208. The smallest absolute Gasteiger partial charge is 0.114 e. The van der Waals surface area contributed by atoms with Crippen LogP contribution in [0.2, 0.25) is 0 Å². The largest absolute Gasteiger partial charge is 0.310 e. The fourth-order valence-electron chi connectivity index (χ4n) is 5.81. The number of rotatable bonds is 5. The molecular formula is C38H32BN. The molecule has 2 radical (unpaired) electrons. The molecule has 0 saturated carbocycles. The third-order valence-electron chi connectivity index (χ3n) is 8.34. The monoisotopic (exact) mass is 513 g/mol. The molecule has 6 aromatic rings. The fourth-order valence-corrected chi connectivity index (χ4v) is 5.81. The summed E-state index contributed by atoms with van der Waals surface area (Å²) in [7, 11) is 6.36. The minimum absolute atomic E-state index is 0.906. The molecule has 0 fully saturated rings. The van der Waals surface area contributed by atoms with Gasteiger partial charge in [-0.2, -0.15) is 0 Å². The lowest BCUT2D eigenvalue weighted by atomic mass is 9.78. The topological polar surface area (TPSA) is 3.24 Å². The van der Waals surface area contributed by atoms with Gasteiger partial charge >= 0.3 is 0 Å². The SMILES string of the molecule is [B]c1c(C)c(C)c(-c2ccc(-c3ccc(N(c4ccccc4)c4cccc5ccccc45)cc3)cc2)c(C)c1C. The van der Waals surface area contributed by atoms with Gasteiger partial charge < -0.3 is 4.90 Å². The van der Waals surface area contributed by atoms with E-state index < -0.39 is 0 Å². The Kier molecular flexibility index (Phi) is 6.78. The summed E-state index contributed by atoms with van der Waals surface area (Å²) in [6.45, 7) is 8.59. The summed E-state index contributed by atoms with van der Waals surface area (Å²) in [5.74, 6) is 0. The Labute approximate surface area is 239 Å². The molecule has 0 saturated heterocycles. The molecule has 0 aliphatic rings. The predicted octanol–water partition coefficient (Wildman–Crippen LogP) is 9.67. The molecule has 0 aliphatic carbocycles. The maximum absolute atomic E-state index is 6.36. The van der Waals surface area contributed by atoms with Crippen molar-refractivity contribution in [2.75, 3.05) is 4.90 Å². The highest BCUT2D eigenvalue weighted by Crippen LogP contribution is 2.39. The van der Waals surface area contributed by atoms with Crippen molar-refractivity contribution in [3.63, 3.8) is 0 Å². The van der Waals surface area contributed by atoms with Crippen molar-refractivity contribution in [1.29, 1.82) is 0 Å². The molecular weight excluding hydrogens is 481 g/mol. The number of hydrogen-bond acceptors (Lipinski definition) is 1. The van der Waals surface area contributed by atoms with Crippen LogP contribution in [0.1, 0.15) is 22.3 Å². The molecule has 40 heavy (non-hydrogen) atoms. The first kappa shape index (κ1) is 25.7. The highest BCUT2D eigenvalue weighted by molar-refractivity contribution is 6.34. The minimum Gasteiger partial charge on any atom is -0.310 e. The molecule has 0 amide bonds. The van der Waals surface area contributed by atoms with E-state index in [0.29, 0.717) is 0 Å². The van der Waals surface area contributed by atoms with Gasteiger partial charge in [-0.25, -0.2) is 0 Å². The molecule has 0 aliphatic heterocycles. The normalized spacial score (nSPS) is 11.1. The van der Waals surface area contributed by atoms with Crippen molar-refractivity contribution in [2.24, 2.45) is 0 Å². The molecule has 6 rings (SSSR count). The zero-order valence-electron chi connectivity index (χ0n) is 23.6. The number of anilines is 3. The zero-order valence-corrected chi connectivity index (χ0v) is 23.6. The van der Waals surface area contributed by atoms with Gasteiger partial charge in [0.25, 0.3) is 0 Å². The van der Waals surface area contributed by atoms with Crippen molar-refractivity contribution < 1.29 is 0 Å². The maximum Gasteiger partial charge on any atom is 0.114 e. The Bertz CT molecular complexity index is 1780. The summed E-state index contributed by atoms with van der Waals surface area (Å²) in [5.41, 5.74) is 14.1. The van der Waals surface area contributed by atoms with Crippen LogP contribution in [0.15, 0.2) is 121 Å². The van der Waals surface area contributed by atoms with Crippen LogP contribution in [0.4, 0.5) is 17.1 Å². The standard InChI is InChI=1S/C38H32BN/c1-25-27(3)38(39)28(4)26(2)37(25)32-19-17-29(18-20-32)30-21-23-34(24-22-30)40(33-13-6-5-7-14-33)36-16-10-12-31-11-8-9-15-35(31)36/h5-24H,1-4H3. The van der Waals surface area contributed by atoms with Gasteiger partial charge in [-0.1, -0.05) is 108 Å². The predicted molar refractivity (Wildman–Crippen MR) is 174 cm³/mol. The average molecular weight is 513 g/mol. The second-order valence-corrected chi connectivity index (χ2v) is 10.6. The van der Waals surface area contributed by atoms with Crippen molar-refractivity contribution >= 4 is 41.1 Å². The van der Waals surface area contributed by atoms with Crippen LogP contribution in [0, 0.1) is 27.7 Å². The van der Waals surface area contributed by atoms with E-state index in [9.17, 15) is 0 Å². The van der Waals surface area contributed by atoms with Crippen LogP contribution in [-0.2, 0) is 0 Å². The second kappa shape index (κ2) is 10.5. The van der Waals surface area contributed by atoms with E-state index in [-0.39, 0.29) is 0 Å². The van der Waals surface area contributed by atoms with E-state index in [4.69, 9.17) is 7.85 Å². The van der Waals surface area contributed by atoms with Crippen LogP contribution >= 0.6 is 0 Å². The number of benzene rings is 6. The van der Waals surface area contributed by atoms with Gasteiger partial charge in [0.2, 0.25) is 0 Å². The molecule has 0 atom stereocenters. The van der Waals surface area contributed by atoms with Gasteiger partial charge in [-0.05, 0) is 96.8 Å². The molecule has 0 N–H and O–H groups in total. The number of nitrogens with zero attached hydrogens (tertiary/aromatic N) is 1. The molecule has 0 heterocycles. The van der Waals surface area contributed by atoms with Crippen LogP contribution in [0.3, 0.4) is 0 Å². The first-order valence-corrected chi connectivity index (χ1v) is 13.8. The van der Waals surface area contributed by atoms with E-state index in [1.54, 1.807) is 0 Å². The minimum atomic E-state index is 0.906. The van der Waals surface area contributed by atoms with E-state index in [0.717, 1.165) is 16.8 Å².